The van der Waals surface area contributed by atoms with Gasteiger partial charge in [-0.1, -0.05) is 30.3 Å². The van der Waals surface area contributed by atoms with Crippen molar-refractivity contribution in [2.75, 3.05) is 5.32 Å². The Morgan fingerprint density at radius 1 is 0.929 bits per heavy atom. The van der Waals surface area contributed by atoms with Crippen molar-refractivity contribution in [1.29, 1.82) is 0 Å². The first-order valence-corrected chi connectivity index (χ1v) is 8.65. The van der Waals surface area contributed by atoms with Crippen LogP contribution in [-0.2, 0) is 4.79 Å². The molecule has 0 fully saturated rings. The average molecular weight is 378 g/mol. The first-order chi connectivity index (χ1) is 13.6. The van der Waals surface area contributed by atoms with Gasteiger partial charge in [0.25, 0.3) is 5.91 Å². The number of nitrogens with one attached hydrogen (secondary N) is 2. The Bertz CT molecular complexity index is 1130. The molecule has 4 aromatic rings. The topological polar surface area (TPSA) is 54.1 Å². The van der Waals surface area contributed by atoms with Gasteiger partial charge in [0, 0.05) is 34.4 Å². The maximum absolute atomic E-state index is 13.5. The Morgan fingerprint density at radius 2 is 1.75 bits per heavy atom. The van der Waals surface area contributed by atoms with E-state index in [0.29, 0.717) is 11.3 Å². The molecule has 28 heavy (non-hydrogen) atoms. The summed E-state index contributed by atoms with van der Waals surface area (Å²) in [6.45, 7) is 0. The second-order valence-corrected chi connectivity index (χ2v) is 6.25. The second-order valence-electron chi connectivity index (χ2n) is 6.25. The summed E-state index contributed by atoms with van der Waals surface area (Å²) >= 11 is 0. The average Bonchev–Trinajstić information content (AvgIpc) is 3.17. The minimum absolute atomic E-state index is 0.0592. The predicted molar refractivity (Wildman–Crippen MR) is 103 cm³/mol. The fraction of sp³-hybridized carbons (Fsp3) is 0.0455. The Hall–Kier alpha value is -3.67. The van der Waals surface area contributed by atoms with E-state index in [-0.39, 0.29) is 5.75 Å². The third kappa shape index (κ3) is 3.71. The van der Waals surface area contributed by atoms with Gasteiger partial charge in [-0.05, 0) is 36.4 Å². The number of rotatable bonds is 5. The van der Waals surface area contributed by atoms with Gasteiger partial charge < -0.3 is 15.0 Å². The predicted octanol–water partition coefficient (Wildman–Crippen LogP) is 5.20. The van der Waals surface area contributed by atoms with Crippen LogP contribution in [0, 0.1) is 11.6 Å². The van der Waals surface area contributed by atoms with Gasteiger partial charge in [0.2, 0.25) is 6.10 Å². The smallest absolute Gasteiger partial charge is 0.270 e. The van der Waals surface area contributed by atoms with E-state index in [0.717, 1.165) is 23.0 Å². The summed E-state index contributed by atoms with van der Waals surface area (Å²) in [5, 5.41) is 3.78. The molecular weight excluding hydrogens is 362 g/mol. The van der Waals surface area contributed by atoms with E-state index in [1.165, 1.54) is 6.07 Å². The summed E-state index contributed by atoms with van der Waals surface area (Å²) < 4.78 is 32.5. The standard InChI is InChI=1S/C22H16F2N2O2/c23-18-8-7-17(13-19(18)24)28-21(14-4-2-1-3-5-14)22(27)26-16-6-9-20-15(12-16)10-11-25-20/h1-13,21,25H,(H,26,27)/t21-/m1/s1. The van der Waals surface area contributed by atoms with Crippen LogP contribution in [0.5, 0.6) is 5.75 Å². The molecule has 0 radical (unpaired) electrons. The van der Waals surface area contributed by atoms with Crippen molar-refractivity contribution in [3.8, 4) is 5.75 Å². The van der Waals surface area contributed by atoms with E-state index in [1.54, 1.807) is 30.3 Å². The number of halogens is 2. The zero-order valence-corrected chi connectivity index (χ0v) is 14.7. The summed E-state index contributed by atoms with van der Waals surface area (Å²) in [7, 11) is 0. The number of hydrogen-bond acceptors (Lipinski definition) is 2. The van der Waals surface area contributed by atoms with Gasteiger partial charge in [0.1, 0.15) is 5.75 Å². The summed E-state index contributed by atoms with van der Waals surface area (Å²) in [4.78, 5) is 16.0. The lowest BCUT2D eigenvalue weighted by Crippen LogP contribution is -2.25. The molecule has 1 aromatic heterocycles. The molecule has 0 bridgehead atoms. The van der Waals surface area contributed by atoms with Gasteiger partial charge in [-0.15, -0.1) is 0 Å². The van der Waals surface area contributed by atoms with Crippen molar-refractivity contribution < 1.29 is 18.3 Å². The molecule has 4 rings (SSSR count). The van der Waals surface area contributed by atoms with E-state index in [9.17, 15) is 13.6 Å². The summed E-state index contributed by atoms with van der Waals surface area (Å²) in [5.41, 5.74) is 2.15. The lowest BCUT2D eigenvalue weighted by Gasteiger charge is -2.19. The van der Waals surface area contributed by atoms with Crippen LogP contribution in [0.2, 0.25) is 0 Å². The molecule has 4 nitrogen and oxygen atoms in total. The van der Waals surface area contributed by atoms with Gasteiger partial charge in [-0.2, -0.15) is 0 Å². The first-order valence-electron chi connectivity index (χ1n) is 8.65. The zero-order chi connectivity index (χ0) is 19.5. The van der Waals surface area contributed by atoms with Gasteiger partial charge in [0.15, 0.2) is 11.6 Å². The highest BCUT2D eigenvalue weighted by atomic mass is 19.2. The molecule has 2 N–H and O–H groups in total. The van der Waals surface area contributed by atoms with Gasteiger partial charge in [-0.25, -0.2) is 8.78 Å². The summed E-state index contributed by atoms with van der Waals surface area (Å²) in [5.74, 6) is -2.38. The molecular formula is C22H16F2N2O2. The lowest BCUT2D eigenvalue weighted by molar-refractivity contribution is -0.123. The molecule has 1 amide bonds. The van der Waals surface area contributed by atoms with Crippen LogP contribution >= 0.6 is 0 Å². The number of aromatic nitrogens is 1. The molecule has 1 atom stereocenters. The van der Waals surface area contributed by atoms with E-state index < -0.39 is 23.6 Å². The number of carbonyl (C=O) groups is 1. The number of ether oxygens (including phenoxy) is 1. The molecule has 1 heterocycles. The van der Waals surface area contributed by atoms with Crippen LogP contribution in [0.25, 0.3) is 10.9 Å². The minimum Gasteiger partial charge on any atom is -0.476 e. The Kier molecular flexibility index (Phi) is 4.76. The van der Waals surface area contributed by atoms with Gasteiger partial charge in [0.05, 0.1) is 0 Å². The van der Waals surface area contributed by atoms with Crippen molar-refractivity contribution in [1.82, 2.24) is 4.98 Å². The monoisotopic (exact) mass is 378 g/mol. The molecule has 0 aliphatic carbocycles. The number of anilines is 1. The quantitative estimate of drug-likeness (QED) is 0.501. The van der Waals surface area contributed by atoms with Gasteiger partial charge >= 0.3 is 0 Å². The van der Waals surface area contributed by atoms with Crippen LogP contribution in [0.4, 0.5) is 14.5 Å². The van der Waals surface area contributed by atoms with E-state index in [2.05, 4.69) is 10.3 Å². The highest BCUT2D eigenvalue weighted by Crippen LogP contribution is 2.26. The molecule has 0 saturated heterocycles. The zero-order valence-electron chi connectivity index (χ0n) is 14.7. The molecule has 0 saturated carbocycles. The first kappa shape index (κ1) is 17.7. The van der Waals surface area contributed by atoms with Crippen LogP contribution in [0.15, 0.2) is 79.0 Å². The summed E-state index contributed by atoms with van der Waals surface area (Å²) in [6, 6.07) is 19.4. The molecule has 0 aliphatic heterocycles. The van der Waals surface area contributed by atoms with Crippen molar-refractivity contribution in [2.45, 2.75) is 6.10 Å². The van der Waals surface area contributed by atoms with Crippen molar-refractivity contribution >= 4 is 22.5 Å². The summed E-state index contributed by atoms with van der Waals surface area (Å²) in [6.07, 6.45) is 0.780. The Morgan fingerprint density at radius 3 is 2.54 bits per heavy atom. The third-order valence-corrected chi connectivity index (χ3v) is 4.31. The largest absolute Gasteiger partial charge is 0.476 e. The molecule has 3 aromatic carbocycles. The van der Waals surface area contributed by atoms with E-state index in [1.807, 2.05) is 30.5 Å². The third-order valence-electron chi connectivity index (χ3n) is 4.31. The van der Waals surface area contributed by atoms with Crippen molar-refractivity contribution in [3.63, 3.8) is 0 Å². The highest BCUT2D eigenvalue weighted by Gasteiger charge is 2.23. The van der Waals surface area contributed by atoms with Crippen LogP contribution < -0.4 is 10.1 Å². The van der Waals surface area contributed by atoms with Crippen molar-refractivity contribution in [3.05, 3.63) is 96.2 Å². The molecule has 0 aliphatic rings. The molecule has 0 unspecified atom stereocenters. The number of carbonyl (C=O) groups excluding carboxylic acids is 1. The highest BCUT2D eigenvalue weighted by molar-refractivity contribution is 5.97. The molecule has 6 heteroatoms. The molecule has 140 valence electrons. The maximum atomic E-state index is 13.5. The van der Waals surface area contributed by atoms with Crippen LogP contribution in [0.1, 0.15) is 11.7 Å². The number of H-pyrrole nitrogens is 1. The Labute approximate surface area is 159 Å². The fourth-order valence-electron chi connectivity index (χ4n) is 2.93. The molecule has 0 spiro atoms. The Balaban J connectivity index is 1.62. The maximum Gasteiger partial charge on any atom is 0.270 e. The van der Waals surface area contributed by atoms with Crippen LogP contribution in [-0.4, -0.2) is 10.9 Å². The normalized spacial score (nSPS) is 11.9. The van der Waals surface area contributed by atoms with E-state index in [4.69, 9.17) is 4.74 Å². The number of fused-ring (bicyclic) bond motifs is 1. The van der Waals surface area contributed by atoms with E-state index >= 15 is 0 Å². The number of hydrogen-bond donors (Lipinski definition) is 2. The SMILES string of the molecule is O=C(Nc1ccc2[nH]ccc2c1)[C@H](Oc1ccc(F)c(F)c1)c1ccccc1. The van der Waals surface area contributed by atoms with Gasteiger partial charge in [-0.3, -0.25) is 4.79 Å². The fourth-order valence-corrected chi connectivity index (χ4v) is 2.93. The number of benzene rings is 3. The second kappa shape index (κ2) is 7.52. The minimum atomic E-state index is -1.04. The van der Waals surface area contributed by atoms with Crippen LogP contribution in [0.3, 0.4) is 0 Å². The van der Waals surface area contributed by atoms with Crippen molar-refractivity contribution in [2.24, 2.45) is 0 Å². The number of aromatic amines is 1. The lowest BCUT2D eigenvalue weighted by atomic mass is 10.1. The number of amides is 1.